The number of rotatable bonds is 11. The van der Waals surface area contributed by atoms with Gasteiger partial charge in [-0.2, -0.15) is 13.2 Å². The number of nitrogens with one attached hydrogen (secondary N) is 2. The van der Waals surface area contributed by atoms with Crippen LogP contribution < -0.4 is 10.6 Å². The molecule has 2 heterocycles. The molecule has 0 aliphatic heterocycles. The molecular weight excluding hydrogens is 515 g/mol. The Morgan fingerprint density at radius 1 is 1.15 bits per heavy atom. The predicted molar refractivity (Wildman–Crippen MR) is 137 cm³/mol. The van der Waals surface area contributed by atoms with E-state index in [1.54, 1.807) is 24.3 Å². The molecule has 0 saturated heterocycles. The second-order valence-corrected chi connectivity index (χ2v) is 9.86. The molecule has 0 bridgehead atoms. The summed E-state index contributed by atoms with van der Waals surface area (Å²) in [7, 11) is 0. The van der Waals surface area contributed by atoms with E-state index in [-0.39, 0.29) is 41.2 Å². The van der Waals surface area contributed by atoms with E-state index in [4.69, 9.17) is 4.42 Å². The number of hydrogen-bond donors (Lipinski definition) is 3. The van der Waals surface area contributed by atoms with Gasteiger partial charge in [-0.15, -0.1) is 0 Å². The lowest BCUT2D eigenvalue weighted by Gasteiger charge is -2.17. The Balaban J connectivity index is 1.60. The normalized spacial score (nSPS) is 15.3. The summed E-state index contributed by atoms with van der Waals surface area (Å²) in [4.78, 5) is 34.0. The summed E-state index contributed by atoms with van der Waals surface area (Å²) >= 11 is 0. The van der Waals surface area contributed by atoms with Crippen LogP contribution in [-0.2, 0) is 6.54 Å². The monoisotopic (exact) mass is 547 g/mol. The number of oxazole rings is 1. The van der Waals surface area contributed by atoms with E-state index >= 15 is 0 Å². The summed E-state index contributed by atoms with van der Waals surface area (Å²) in [5.41, 5.74) is 1.22. The standard InChI is InChI=1S/C27H32F3N5O4/c1-4-19(5-2)33-24(37)21-12-31-26(39-21)18-8-6-7-17(11-18)20-13-35(14-22(36)27(28,29)30)23(34-20)25(38)32-15(3)16-9-10-16/h6-8,11-13,15-16,19,22,36H,4-5,9-10,14H2,1-3H3,(H,32,38)(H,33,37)/t15-,22?/m0/s1. The minimum Gasteiger partial charge on any atom is -0.431 e. The number of imidazole rings is 1. The number of aromatic nitrogens is 3. The number of aliphatic hydroxyl groups is 1. The van der Waals surface area contributed by atoms with Crippen molar-refractivity contribution in [3.8, 4) is 22.7 Å². The van der Waals surface area contributed by atoms with Gasteiger partial charge in [-0.05, 0) is 50.7 Å². The number of hydrogen-bond acceptors (Lipinski definition) is 6. The van der Waals surface area contributed by atoms with E-state index in [1.807, 2.05) is 20.8 Å². The lowest BCUT2D eigenvalue weighted by Crippen LogP contribution is -2.38. The van der Waals surface area contributed by atoms with Crippen molar-refractivity contribution < 1.29 is 32.3 Å². The summed E-state index contributed by atoms with van der Waals surface area (Å²) in [5, 5.41) is 15.4. The van der Waals surface area contributed by atoms with Gasteiger partial charge in [0.05, 0.1) is 18.4 Å². The Kier molecular flexibility index (Phi) is 8.43. The van der Waals surface area contributed by atoms with Gasteiger partial charge in [-0.25, -0.2) is 9.97 Å². The maximum atomic E-state index is 13.1. The number of amides is 2. The van der Waals surface area contributed by atoms with E-state index in [0.29, 0.717) is 17.0 Å². The number of carbonyl (C=O) groups is 2. The highest BCUT2D eigenvalue weighted by Gasteiger charge is 2.39. The van der Waals surface area contributed by atoms with Crippen LogP contribution in [0.4, 0.5) is 13.2 Å². The molecule has 1 aliphatic carbocycles. The van der Waals surface area contributed by atoms with Crippen LogP contribution in [-0.4, -0.2) is 55.8 Å². The molecule has 2 atom stereocenters. The van der Waals surface area contributed by atoms with Gasteiger partial charge in [0, 0.05) is 29.4 Å². The molecule has 0 radical (unpaired) electrons. The molecule has 1 saturated carbocycles. The first-order valence-corrected chi connectivity index (χ1v) is 13.0. The van der Waals surface area contributed by atoms with Crippen LogP contribution in [0.5, 0.6) is 0 Å². The van der Waals surface area contributed by atoms with Crippen LogP contribution in [0, 0.1) is 5.92 Å². The highest BCUT2D eigenvalue weighted by molar-refractivity contribution is 5.92. The van der Waals surface area contributed by atoms with Gasteiger partial charge >= 0.3 is 6.18 Å². The minimum atomic E-state index is -4.86. The fourth-order valence-electron chi connectivity index (χ4n) is 4.22. The molecule has 39 heavy (non-hydrogen) atoms. The quantitative estimate of drug-likeness (QED) is 0.323. The molecule has 1 unspecified atom stereocenters. The fraction of sp³-hybridized carbons (Fsp3) is 0.481. The van der Waals surface area contributed by atoms with Crippen molar-refractivity contribution in [3.05, 3.63) is 48.2 Å². The number of aliphatic hydroxyl groups excluding tert-OH is 1. The van der Waals surface area contributed by atoms with Crippen molar-refractivity contribution in [2.24, 2.45) is 5.92 Å². The molecule has 12 heteroatoms. The maximum absolute atomic E-state index is 13.1. The first kappa shape index (κ1) is 28.3. The highest BCUT2D eigenvalue weighted by atomic mass is 19.4. The topological polar surface area (TPSA) is 122 Å². The molecule has 1 aromatic carbocycles. The van der Waals surface area contributed by atoms with Gasteiger partial charge in [0.1, 0.15) is 0 Å². The summed E-state index contributed by atoms with van der Waals surface area (Å²) in [6, 6.07) is 6.57. The van der Waals surface area contributed by atoms with Crippen LogP contribution in [0.25, 0.3) is 22.7 Å². The first-order chi connectivity index (χ1) is 18.5. The number of nitrogens with zero attached hydrogens (tertiary/aromatic N) is 3. The molecule has 3 aromatic rings. The average Bonchev–Trinajstić information content (AvgIpc) is 3.48. The van der Waals surface area contributed by atoms with Crippen LogP contribution in [0.3, 0.4) is 0 Å². The van der Waals surface area contributed by atoms with E-state index in [2.05, 4.69) is 20.6 Å². The highest BCUT2D eigenvalue weighted by Crippen LogP contribution is 2.33. The molecule has 210 valence electrons. The number of carbonyl (C=O) groups excluding carboxylic acids is 2. The zero-order chi connectivity index (χ0) is 28.3. The molecule has 2 amide bonds. The van der Waals surface area contributed by atoms with Crippen LogP contribution in [0.2, 0.25) is 0 Å². The van der Waals surface area contributed by atoms with Gasteiger partial charge in [-0.3, -0.25) is 9.59 Å². The molecule has 4 rings (SSSR count). The molecule has 2 aromatic heterocycles. The maximum Gasteiger partial charge on any atom is 0.416 e. The molecule has 3 N–H and O–H groups in total. The Hall–Kier alpha value is -3.67. The van der Waals surface area contributed by atoms with E-state index in [9.17, 15) is 27.9 Å². The van der Waals surface area contributed by atoms with Crippen molar-refractivity contribution in [1.82, 2.24) is 25.2 Å². The summed E-state index contributed by atoms with van der Waals surface area (Å²) in [6.07, 6.45) is -1.40. The number of halogens is 3. The predicted octanol–water partition coefficient (Wildman–Crippen LogP) is 4.58. The van der Waals surface area contributed by atoms with Crippen LogP contribution >= 0.6 is 0 Å². The Morgan fingerprint density at radius 3 is 2.49 bits per heavy atom. The van der Waals surface area contributed by atoms with Crippen LogP contribution in [0.1, 0.15) is 67.6 Å². The zero-order valence-corrected chi connectivity index (χ0v) is 22.0. The minimum absolute atomic E-state index is 0.0130. The lowest BCUT2D eigenvalue weighted by molar-refractivity contribution is -0.207. The van der Waals surface area contributed by atoms with E-state index in [1.165, 1.54) is 12.4 Å². The van der Waals surface area contributed by atoms with Gasteiger partial charge in [0.25, 0.3) is 11.8 Å². The smallest absolute Gasteiger partial charge is 0.416 e. The van der Waals surface area contributed by atoms with Crippen molar-refractivity contribution in [2.45, 2.75) is 77.4 Å². The lowest BCUT2D eigenvalue weighted by atomic mass is 10.1. The Morgan fingerprint density at radius 2 is 1.85 bits per heavy atom. The van der Waals surface area contributed by atoms with Crippen molar-refractivity contribution in [2.75, 3.05) is 0 Å². The SMILES string of the molecule is CCC(CC)NC(=O)c1cnc(-c2cccc(-c3cn(CC(O)C(F)(F)F)c(C(=O)N[C@@H](C)C4CC4)n3)c2)o1. The molecule has 9 nitrogen and oxygen atoms in total. The van der Waals surface area contributed by atoms with Crippen molar-refractivity contribution >= 4 is 11.8 Å². The Labute approximate surface area is 223 Å². The zero-order valence-electron chi connectivity index (χ0n) is 22.0. The molecule has 1 aliphatic rings. The van der Waals surface area contributed by atoms with Crippen molar-refractivity contribution in [1.29, 1.82) is 0 Å². The summed E-state index contributed by atoms with van der Waals surface area (Å²) in [6.45, 7) is 4.90. The van der Waals surface area contributed by atoms with Gasteiger partial charge in [0.2, 0.25) is 11.7 Å². The summed E-state index contributed by atoms with van der Waals surface area (Å²) in [5.74, 6) is -0.672. The van der Waals surface area contributed by atoms with Gasteiger partial charge in [-0.1, -0.05) is 26.0 Å². The molecule has 1 fully saturated rings. The van der Waals surface area contributed by atoms with Crippen LogP contribution in [0.15, 0.2) is 41.1 Å². The van der Waals surface area contributed by atoms with Gasteiger partial charge < -0.3 is 24.7 Å². The van der Waals surface area contributed by atoms with Gasteiger partial charge in [0.15, 0.2) is 11.9 Å². The third kappa shape index (κ3) is 6.86. The summed E-state index contributed by atoms with van der Waals surface area (Å²) < 4.78 is 46.0. The third-order valence-corrected chi connectivity index (χ3v) is 6.87. The number of benzene rings is 1. The Bertz CT molecular complexity index is 1310. The average molecular weight is 548 g/mol. The molecular formula is C27H32F3N5O4. The first-order valence-electron chi connectivity index (χ1n) is 13.0. The third-order valence-electron chi connectivity index (χ3n) is 6.87. The number of alkyl halides is 3. The second kappa shape index (κ2) is 11.6. The van der Waals surface area contributed by atoms with E-state index < -0.39 is 24.7 Å². The van der Waals surface area contributed by atoms with E-state index in [0.717, 1.165) is 30.3 Å². The molecule has 0 spiro atoms. The second-order valence-electron chi connectivity index (χ2n) is 9.86. The largest absolute Gasteiger partial charge is 0.431 e. The fourth-order valence-corrected chi connectivity index (χ4v) is 4.22. The van der Waals surface area contributed by atoms with Crippen molar-refractivity contribution in [3.63, 3.8) is 0 Å².